The number of benzene rings is 1. The fourth-order valence-corrected chi connectivity index (χ4v) is 2.14. The molecule has 0 amide bonds. The third-order valence-electron chi connectivity index (χ3n) is 2.47. The van der Waals surface area contributed by atoms with Crippen LogP contribution >= 0.6 is 23.2 Å². The molecule has 0 radical (unpaired) electrons. The zero-order valence-corrected chi connectivity index (χ0v) is 10.5. The highest BCUT2D eigenvalue weighted by atomic mass is 35.5. The molecular weight excluding hydrogens is 261 g/mol. The van der Waals surface area contributed by atoms with Crippen molar-refractivity contribution in [2.75, 3.05) is 6.54 Å². The van der Waals surface area contributed by atoms with Crippen molar-refractivity contribution < 1.29 is 0 Å². The molecule has 0 aliphatic rings. The van der Waals surface area contributed by atoms with Gasteiger partial charge in [0.2, 0.25) is 5.28 Å². The summed E-state index contributed by atoms with van der Waals surface area (Å²) in [6.07, 6.45) is 0.664. The maximum Gasteiger partial charge on any atom is 0.263 e. The summed E-state index contributed by atoms with van der Waals surface area (Å²) in [5, 5.41) is 0.951. The molecule has 0 aliphatic carbocycles. The predicted octanol–water partition coefficient (Wildman–Crippen LogP) is 2.05. The minimum absolute atomic E-state index is 0.165. The number of rotatable bonds is 3. The van der Waals surface area contributed by atoms with E-state index in [9.17, 15) is 4.79 Å². The Balaban J connectivity index is 2.70. The van der Waals surface area contributed by atoms with E-state index in [0.717, 1.165) is 0 Å². The topological polar surface area (TPSA) is 60.9 Å². The van der Waals surface area contributed by atoms with Crippen molar-refractivity contribution in [3.63, 3.8) is 0 Å². The van der Waals surface area contributed by atoms with Gasteiger partial charge >= 0.3 is 0 Å². The van der Waals surface area contributed by atoms with Crippen LogP contribution in [0.15, 0.2) is 23.0 Å². The zero-order valence-electron chi connectivity index (χ0n) is 8.99. The number of halogens is 2. The van der Waals surface area contributed by atoms with Crippen molar-refractivity contribution in [1.29, 1.82) is 0 Å². The summed E-state index contributed by atoms with van der Waals surface area (Å²) in [5.74, 6) is 0. The second kappa shape index (κ2) is 5.04. The average Bonchev–Trinajstić information content (AvgIpc) is 2.28. The van der Waals surface area contributed by atoms with Gasteiger partial charge in [0, 0.05) is 6.54 Å². The minimum atomic E-state index is -0.223. The van der Waals surface area contributed by atoms with Gasteiger partial charge in [0.15, 0.2) is 0 Å². The van der Waals surface area contributed by atoms with Gasteiger partial charge in [0.1, 0.15) is 0 Å². The molecule has 0 aliphatic heterocycles. The molecule has 2 N–H and O–H groups in total. The number of nitrogens with two attached hydrogens (primary N) is 1. The van der Waals surface area contributed by atoms with Crippen LogP contribution in [0.1, 0.15) is 6.42 Å². The molecule has 0 bridgehead atoms. The van der Waals surface area contributed by atoms with Gasteiger partial charge in [-0.2, -0.15) is 0 Å². The van der Waals surface area contributed by atoms with E-state index in [0.29, 0.717) is 35.4 Å². The van der Waals surface area contributed by atoms with Gasteiger partial charge in [-0.15, -0.1) is 0 Å². The van der Waals surface area contributed by atoms with Crippen LogP contribution in [0.3, 0.4) is 0 Å². The van der Waals surface area contributed by atoms with Crippen LogP contribution in [0.2, 0.25) is 10.3 Å². The maximum atomic E-state index is 12.2. The van der Waals surface area contributed by atoms with Gasteiger partial charge in [-0.25, -0.2) is 4.98 Å². The van der Waals surface area contributed by atoms with Crippen LogP contribution < -0.4 is 11.3 Å². The van der Waals surface area contributed by atoms with Crippen molar-refractivity contribution in [1.82, 2.24) is 9.55 Å². The lowest BCUT2D eigenvalue weighted by Crippen LogP contribution is -2.23. The van der Waals surface area contributed by atoms with Crippen molar-refractivity contribution in [3.05, 3.63) is 38.9 Å². The zero-order chi connectivity index (χ0) is 12.4. The van der Waals surface area contributed by atoms with E-state index in [-0.39, 0.29) is 10.8 Å². The van der Waals surface area contributed by atoms with E-state index in [1.54, 1.807) is 18.2 Å². The van der Waals surface area contributed by atoms with Gasteiger partial charge in [-0.1, -0.05) is 17.7 Å². The summed E-state index contributed by atoms with van der Waals surface area (Å²) >= 11 is 12.0. The van der Waals surface area contributed by atoms with Gasteiger partial charge in [-0.3, -0.25) is 9.36 Å². The summed E-state index contributed by atoms with van der Waals surface area (Å²) < 4.78 is 1.39. The molecule has 0 fully saturated rings. The summed E-state index contributed by atoms with van der Waals surface area (Å²) in [6, 6.07) is 5.10. The molecule has 6 heteroatoms. The van der Waals surface area contributed by atoms with Crippen LogP contribution in [-0.4, -0.2) is 16.1 Å². The molecule has 1 heterocycles. The second-order valence-electron chi connectivity index (χ2n) is 3.61. The van der Waals surface area contributed by atoms with E-state index >= 15 is 0 Å². The first-order chi connectivity index (χ1) is 8.15. The Bertz CT molecular complexity index is 609. The van der Waals surface area contributed by atoms with Crippen LogP contribution in [-0.2, 0) is 6.54 Å². The Morgan fingerprint density at radius 2 is 2.12 bits per heavy atom. The van der Waals surface area contributed by atoms with E-state index < -0.39 is 0 Å². The van der Waals surface area contributed by atoms with Crippen LogP contribution in [0.25, 0.3) is 10.9 Å². The molecule has 1 aromatic heterocycles. The Hall–Kier alpha value is -1.10. The van der Waals surface area contributed by atoms with Gasteiger partial charge < -0.3 is 5.73 Å². The highest BCUT2D eigenvalue weighted by molar-refractivity contribution is 6.35. The smallest absolute Gasteiger partial charge is 0.263 e. The standard InChI is InChI=1S/C11H11Cl2N3O/c12-7-3-1-4-8-9(7)10(17)16(6-2-5-14)11(13)15-8/h1,3-4H,2,5-6,14H2. The molecule has 4 nitrogen and oxygen atoms in total. The molecule has 0 unspecified atom stereocenters. The number of fused-ring (bicyclic) bond motifs is 1. The summed E-state index contributed by atoms with van der Waals surface area (Å²) in [6.45, 7) is 0.936. The van der Waals surface area contributed by atoms with Crippen LogP contribution in [0.4, 0.5) is 0 Å². The highest BCUT2D eigenvalue weighted by Crippen LogP contribution is 2.19. The molecule has 0 atom stereocenters. The fraction of sp³-hybridized carbons (Fsp3) is 0.273. The number of nitrogens with zero attached hydrogens (tertiary/aromatic N) is 2. The van der Waals surface area contributed by atoms with E-state index in [1.807, 2.05) is 0 Å². The Kier molecular flexibility index (Phi) is 3.66. The molecule has 2 aromatic rings. The van der Waals surface area contributed by atoms with E-state index in [4.69, 9.17) is 28.9 Å². The first kappa shape index (κ1) is 12.4. The largest absolute Gasteiger partial charge is 0.330 e. The first-order valence-electron chi connectivity index (χ1n) is 5.20. The highest BCUT2D eigenvalue weighted by Gasteiger charge is 2.11. The number of hydrogen-bond acceptors (Lipinski definition) is 3. The fourth-order valence-electron chi connectivity index (χ4n) is 1.64. The Morgan fingerprint density at radius 3 is 2.82 bits per heavy atom. The SMILES string of the molecule is NCCCn1c(Cl)nc2cccc(Cl)c2c1=O. The Labute approximate surface area is 108 Å². The molecule has 0 saturated heterocycles. The second-order valence-corrected chi connectivity index (χ2v) is 4.36. The Morgan fingerprint density at radius 1 is 1.35 bits per heavy atom. The van der Waals surface area contributed by atoms with Gasteiger partial charge in [-0.05, 0) is 36.7 Å². The number of aromatic nitrogens is 2. The van der Waals surface area contributed by atoms with E-state index in [2.05, 4.69) is 4.98 Å². The first-order valence-corrected chi connectivity index (χ1v) is 5.95. The summed E-state index contributed by atoms with van der Waals surface area (Å²) in [5.41, 5.74) is 5.70. The van der Waals surface area contributed by atoms with E-state index in [1.165, 1.54) is 4.57 Å². The number of hydrogen-bond donors (Lipinski definition) is 1. The molecule has 0 saturated carbocycles. The maximum absolute atomic E-state index is 12.2. The predicted molar refractivity (Wildman–Crippen MR) is 69.7 cm³/mol. The minimum Gasteiger partial charge on any atom is -0.330 e. The summed E-state index contributed by atoms with van der Waals surface area (Å²) in [7, 11) is 0. The van der Waals surface area contributed by atoms with Crippen molar-refractivity contribution >= 4 is 34.1 Å². The monoisotopic (exact) mass is 271 g/mol. The lowest BCUT2D eigenvalue weighted by atomic mass is 10.2. The van der Waals surface area contributed by atoms with Crippen molar-refractivity contribution in [2.45, 2.75) is 13.0 Å². The molecule has 1 aromatic carbocycles. The lowest BCUT2D eigenvalue weighted by Gasteiger charge is -2.09. The summed E-state index contributed by atoms with van der Waals surface area (Å²) in [4.78, 5) is 16.3. The lowest BCUT2D eigenvalue weighted by molar-refractivity contribution is 0.625. The van der Waals surface area contributed by atoms with Crippen LogP contribution in [0, 0.1) is 0 Å². The molecule has 0 spiro atoms. The molecule has 17 heavy (non-hydrogen) atoms. The van der Waals surface area contributed by atoms with Gasteiger partial charge in [0.25, 0.3) is 5.56 Å². The normalized spacial score (nSPS) is 11.0. The van der Waals surface area contributed by atoms with Crippen molar-refractivity contribution in [3.8, 4) is 0 Å². The third-order valence-corrected chi connectivity index (χ3v) is 3.08. The quantitative estimate of drug-likeness (QED) is 0.870. The third kappa shape index (κ3) is 2.29. The van der Waals surface area contributed by atoms with Crippen LogP contribution in [0.5, 0.6) is 0 Å². The van der Waals surface area contributed by atoms with Crippen molar-refractivity contribution in [2.24, 2.45) is 5.73 Å². The molecule has 90 valence electrons. The average molecular weight is 272 g/mol. The molecule has 2 rings (SSSR count). The molecular formula is C11H11Cl2N3O. The van der Waals surface area contributed by atoms with Gasteiger partial charge in [0.05, 0.1) is 15.9 Å².